The molecule has 1 aromatic rings. The zero-order chi connectivity index (χ0) is 14.1. The van der Waals surface area contributed by atoms with Crippen LogP contribution >= 0.6 is 15.9 Å². The molecule has 0 amide bonds. The minimum atomic E-state index is -0.446. The zero-order valence-corrected chi connectivity index (χ0v) is 13.5. The average molecular weight is 329 g/mol. The Bertz CT molecular complexity index is 360. The molecular weight excluding hydrogens is 304 g/mol. The molecule has 2 N–H and O–H groups in total. The lowest BCUT2D eigenvalue weighted by Gasteiger charge is -2.20. The summed E-state index contributed by atoms with van der Waals surface area (Å²) in [5.41, 5.74) is 0.947. The van der Waals surface area contributed by atoms with E-state index in [2.05, 4.69) is 40.0 Å². The first kappa shape index (κ1) is 16.6. The fourth-order valence-electron chi connectivity index (χ4n) is 2.05. The Hall–Kier alpha value is -0.420. The molecule has 0 aliphatic rings. The third-order valence-electron chi connectivity index (χ3n) is 3.16. The highest BCUT2D eigenvalue weighted by Crippen LogP contribution is 2.17. The van der Waals surface area contributed by atoms with Gasteiger partial charge in [-0.3, -0.25) is 0 Å². The number of nitrogens with zero attached hydrogens (tertiary/aromatic N) is 1. The van der Waals surface area contributed by atoms with E-state index < -0.39 is 6.10 Å². The lowest BCUT2D eigenvalue weighted by atomic mass is 10.1. The van der Waals surface area contributed by atoms with E-state index in [9.17, 15) is 5.11 Å². The zero-order valence-electron chi connectivity index (χ0n) is 11.9. The van der Waals surface area contributed by atoms with Gasteiger partial charge in [0.1, 0.15) is 0 Å². The largest absolute Gasteiger partial charge is 0.387 e. The molecule has 0 heterocycles. The molecular formula is C15H25BrN2O. The number of benzene rings is 1. The highest BCUT2D eigenvalue weighted by atomic mass is 79.9. The van der Waals surface area contributed by atoms with Gasteiger partial charge in [-0.25, -0.2) is 0 Å². The summed E-state index contributed by atoms with van der Waals surface area (Å²) < 4.78 is 1.00. The van der Waals surface area contributed by atoms with Crippen molar-refractivity contribution in [3.8, 4) is 0 Å². The van der Waals surface area contributed by atoms with Crippen molar-refractivity contribution in [1.82, 2.24) is 10.2 Å². The Morgan fingerprint density at radius 1 is 1.32 bits per heavy atom. The minimum absolute atomic E-state index is 0.446. The van der Waals surface area contributed by atoms with Gasteiger partial charge in [0.25, 0.3) is 0 Å². The molecule has 0 fully saturated rings. The van der Waals surface area contributed by atoms with E-state index in [4.69, 9.17) is 0 Å². The molecule has 1 rings (SSSR count). The maximum Gasteiger partial charge on any atom is 0.0914 e. The first-order chi connectivity index (χ1) is 9.17. The Morgan fingerprint density at radius 2 is 2.11 bits per heavy atom. The van der Waals surface area contributed by atoms with Crippen LogP contribution in [-0.4, -0.2) is 42.7 Å². The van der Waals surface area contributed by atoms with Gasteiger partial charge in [-0.05, 0) is 37.2 Å². The van der Waals surface area contributed by atoms with Crippen LogP contribution in [0.15, 0.2) is 28.7 Å². The van der Waals surface area contributed by atoms with Crippen LogP contribution < -0.4 is 5.32 Å². The third-order valence-corrected chi connectivity index (χ3v) is 3.66. The minimum Gasteiger partial charge on any atom is -0.387 e. The number of nitrogens with one attached hydrogen (secondary N) is 1. The highest BCUT2D eigenvalue weighted by molar-refractivity contribution is 9.10. The summed E-state index contributed by atoms with van der Waals surface area (Å²) in [5, 5.41) is 13.4. The van der Waals surface area contributed by atoms with Crippen LogP contribution in [-0.2, 0) is 0 Å². The van der Waals surface area contributed by atoms with E-state index in [0.717, 1.165) is 36.2 Å². The second kappa shape index (κ2) is 9.48. The maximum absolute atomic E-state index is 10.1. The molecule has 3 nitrogen and oxygen atoms in total. The smallest absolute Gasteiger partial charge is 0.0914 e. The van der Waals surface area contributed by atoms with Crippen LogP contribution in [0, 0.1) is 0 Å². The lowest BCUT2D eigenvalue weighted by Crippen LogP contribution is -2.34. The quantitative estimate of drug-likeness (QED) is 0.684. The van der Waals surface area contributed by atoms with Gasteiger partial charge in [0, 0.05) is 24.1 Å². The fraction of sp³-hybridized carbons (Fsp3) is 0.600. The molecule has 0 saturated carbocycles. The summed E-state index contributed by atoms with van der Waals surface area (Å²) in [5.74, 6) is 0. The van der Waals surface area contributed by atoms with Gasteiger partial charge in [-0.15, -0.1) is 0 Å². The van der Waals surface area contributed by atoms with Crippen LogP contribution in [0.4, 0.5) is 0 Å². The molecule has 0 saturated heterocycles. The van der Waals surface area contributed by atoms with Crippen molar-refractivity contribution in [2.45, 2.75) is 26.4 Å². The van der Waals surface area contributed by atoms with Crippen LogP contribution in [0.3, 0.4) is 0 Å². The number of likely N-dealkylation sites (N-methyl/N-ethyl adjacent to an activating group) is 1. The summed E-state index contributed by atoms with van der Waals surface area (Å²) in [4.78, 5) is 2.42. The second-order valence-corrected chi connectivity index (χ2v) is 5.62. The molecule has 4 heteroatoms. The summed E-state index contributed by atoms with van der Waals surface area (Å²) in [7, 11) is 0. The number of halogens is 1. The number of hydrogen-bond acceptors (Lipinski definition) is 3. The van der Waals surface area contributed by atoms with Gasteiger partial charge in [0.15, 0.2) is 0 Å². The van der Waals surface area contributed by atoms with Crippen molar-refractivity contribution in [3.05, 3.63) is 34.3 Å². The molecule has 0 radical (unpaired) electrons. The molecule has 0 bridgehead atoms. The Kier molecular flexibility index (Phi) is 8.30. The molecule has 0 aliphatic heterocycles. The normalized spacial score (nSPS) is 12.9. The Balaban J connectivity index is 2.25. The van der Waals surface area contributed by atoms with Gasteiger partial charge in [0.2, 0.25) is 0 Å². The molecule has 19 heavy (non-hydrogen) atoms. The standard InChI is InChI=1S/C15H25BrN2O/c1-3-9-18(4-2)10-8-17-12-15(19)13-6-5-7-14(16)11-13/h5-7,11,15,17,19H,3-4,8-10,12H2,1-2H3. The Labute approximate surface area is 125 Å². The molecule has 1 aromatic carbocycles. The highest BCUT2D eigenvalue weighted by Gasteiger charge is 2.07. The third kappa shape index (κ3) is 6.52. The fourth-order valence-corrected chi connectivity index (χ4v) is 2.47. The number of aliphatic hydroxyl groups excluding tert-OH is 1. The van der Waals surface area contributed by atoms with Gasteiger partial charge in [-0.2, -0.15) is 0 Å². The second-order valence-electron chi connectivity index (χ2n) is 4.71. The van der Waals surface area contributed by atoms with E-state index in [1.54, 1.807) is 0 Å². The molecule has 1 unspecified atom stereocenters. The number of hydrogen-bond donors (Lipinski definition) is 2. The predicted octanol–water partition coefficient (Wildman–Crippen LogP) is 2.80. The molecule has 0 spiro atoms. The van der Waals surface area contributed by atoms with E-state index in [-0.39, 0.29) is 0 Å². The maximum atomic E-state index is 10.1. The van der Waals surface area contributed by atoms with Crippen molar-refractivity contribution in [3.63, 3.8) is 0 Å². The van der Waals surface area contributed by atoms with E-state index in [0.29, 0.717) is 6.54 Å². The predicted molar refractivity (Wildman–Crippen MR) is 84.4 cm³/mol. The van der Waals surface area contributed by atoms with Crippen molar-refractivity contribution in [1.29, 1.82) is 0 Å². The van der Waals surface area contributed by atoms with Gasteiger partial charge in [0.05, 0.1) is 6.10 Å². The van der Waals surface area contributed by atoms with Gasteiger partial charge in [-0.1, -0.05) is 41.9 Å². The summed E-state index contributed by atoms with van der Waals surface area (Å²) in [6.45, 7) is 9.17. The molecule has 0 aromatic heterocycles. The summed E-state index contributed by atoms with van der Waals surface area (Å²) >= 11 is 3.42. The lowest BCUT2D eigenvalue weighted by molar-refractivity contribution is 0.172. The first-order valence-electron chi connectivity index (χ1n) is 7.04. The first-order valence-corrected chi connectivity index (χ1v) is 7.83. The van der Waals surface area contributed by atoms with E-state index in [1.165, 1.54) is 6.42 Å². The number of aliphatic hydroxyl groups is 1. The van der Waals surface area contributed by atoms with Crippen LogP contribution in [0.25, 0.3) is 0 Å². The van der Waals surface area contributed by atoms with Crippen LogP contribution in [0.5, 0.6) is 0 Å². The van der Waals surface area contributed by atoms with Gasteiger partial charge < -0.3 is 15.3 Å². The van der Waals surface area contributed by atoms with Crippen molar-refractivity contribution < 1.29 is 5.11 Å². The van der Waals surface area contributed by atoms with Crippen molar-refractivity contribution in [2.24, 2.45) is 0 Å². The summed E-state index contributed by atoms with van der Waals surface area (Å²) in [6.07, 6.45) is 0.743. The van der Waals surface area contributed by atoms with E-state index in [1.807, 2.05) is 24.3 Å². The van der Waals surface area contributed by atoms with Crippen LogP contribution in [0.2, 0.25) is 0 Å². The van der Waals surface area contributed by atoms with Gasteiger partial charge >= 0.3 is 0 Å². The molecule has 1 atom stereocenters. The SMILES string of the molecule is CCCN(CC)CCNCC(O)c1cccc(Br)c1. The van der Waals surface area contributed by atoms with Crippen molar-refractivity contribution >= 4 is 15.9 Å². The van der Waals surface area contributed by atoms with E-state index >= 15 is 0 Å². The Morgan fingerprint density at radius 3 is 2.74 bits per heavy atom. The topological polar surface area (TPSA) is 35.5 Å². The molecule has 108 valence electrons. The monoisotopic (exact) mass is 328 g/mol. The van der Waals surface area contributed by atoms with Crippen molar-refractivity contribution in [2.75, 3.05) is 32.7 Å². The summed E-state index contributed by atoms with van der Waals surface area (Å²) in [6, 6.07) is 7.82. The molecule has 0 aliphatic carbocycles. The van der Waals surface area contributed by atoms with Crippen LogP contribution in [0.1, 0.15) is 31.9 Å². The number of rotatable bonds is 9. The average Bonchev–Trinajstić information content (AvgIpc) is 2.42.